The quantitative estimate of drug-likeness (QED) is 0.406. The van der Waals surface area contributed by atoms with E-state index in [2.05, 4.69) is 26.9 Å². The summed E-state index contributed by atoms with van der Waals surface area (Å²) in [5.41, 5.74) is 3.95. The molecule has 0 aliphatic heterocycles. The molecule has 10 heteroatoms. The highest BCUT2D eigenvalue weighted by Gasteiger charge is 2.20. The van der Waals surface area contributed by atoms with Gasteiger partial charge in [0.15, 0.2) is 0 Å². The number of tetrazole rings is 1. The van der Waals surface area contributed by atoms with E-state index in [-0.39, 0.29) is 17.4 Å². The van der Waals surface area contributed by atoms with Crippen molar-refractivity contribution in [3.05, 3.63) is 77.0 Å². The highest BCUT2D eigenvalue weighted by atomic mass is 32.2. The van der Waals surface area contributed by atoms with Gasteiger partial charge < -0.3 is 15.0 Å². The Morgan fingerprint density at radius 1 is 1.15 bits per heavy atom. The van der Waals surface area contributed by atoms with Gasteiger partial charge in [0.25, 0.3) is 0 Å². The zero-order valence-electron chi connectivity index (χ0n) is 18.1. The lowest BCUT2D eigenvalue weighted by Crippen LogP contribution is -2.19. The van der Waals surface area contributed by atoms with Crippen LogP contribution in [0.25, 0.3) is 5.69 Å². The fourth-order valence-corrected chi connectivity index (χ4v) is 4.11. The Bertz CT molecular complexity index is 1320. The summed E-state index contributed by atoms with van der Waals surface area (Å²) in [4.78, 5) is 12.8. The molecular formula is C23H21N7O2S. The van der Waals surface area contributed by atoms with Crippen LogP contribution in [-0.4, -0.2) is 41.5 Å². The van der Waals surface area contributed by atoms with Crippen molar-refractivity contribution in [2.24, 2.45) is 0 Å². The van der Waals surface area contributed by atoms with Gasteiger partial charge in [-0.2, -0.15) is 9.94 Å². The van der Waals surface area contributed by atoms with Crippen LogP contribution < -0.4 is 5.32 Å². The van der Waals surface area contributed by atoms with Crippen LogP contribution in [0.5, 0.6) is 5.75 Å². The van der Waals surface area contributed by atoms with Crippen LogP contribution in [0.15, 0.2) is 59.8 Å². The minimum atomic E-state index is -0.274. The normalized spacial score (nSPS) is 10.7. The lowest BCUT2D eigenvalue weighted by Gasteiger charge is -2.13. The van der Waals surface area contributed by atoms with Gasteiger partial charge in [-0.1, -0.05) is 42.1 Å². The molecule has 4 rings (SSSR count). The molecule has 2 aromatic carbocycles. The van der Waals surface area contributed by atoms with Gasteiger partial charge in [0, 0.05) is 12.2 Å². The average Bonchev–Trinajstić information content (AvgIpc) is 3.38. The zero-order valence-corrected chi connectivity index (χ0v) is 18.9. The van der Waals surface area contributed by atoms with Crippen molar-refractivity contribution < 1.29 is 9.90 Å². The lowest BCUT2D eigenvalue weighted by molar-refractivity contribution is -0.113. The van der Waals surface area contributed by atoms with E-state index in [0.717, 1.165) is 16.8 Å². The summed E-state index contributed by atoms with van der Waals surface area (Å²) >= 11 is 1.17. The summed E-state index contributed by atoms with van der Waals surface area (Å²) in [5, 5.41) is 34.2. The number of carbonyl (C=O) groups is 1. The number of phenols is 1. The molecule has 9 nitrogen and oxygen atoms in total. The van der Waals surface area contributed by atoms with E-state index in [1.165, 1.54) is 28.6 Å². The molecule has 2 N–H and O–H groups in total. The molecule has 166 valence electrons. The summed E-state index contributed by atoms with van der Waals surface area (Å²) in [5.74, 6) is 0.402. The number of benzene rings is 2. The second-order valence-electron chi connectivity index (χ2n) is 7.34. The third-order valence-corrected chi connectivity index (χ3v) is 6.17. The number of nitrogens with zero attached hydrogens (tertiary/aromatic N) is 6. The van der Waals surface area contributed by atoms with Crippen molar-refractivity contribution in [2.45, 2.75) is 25.5 Å². The Morgan fingerprint density at radius 3 is 2.58 bits per heavy atom. The van der Waals surface area contributed by atoms with Crippen LogP contribution in [0, 0.1) is 25.2 Å². The first-order chi connectivity index (χ1) is 16.0. The maximum Gasteiger partial charge on any atom is 0.235 e. The third kappa shape index (κ3) is 4.73. The first kappa shape index (κ1) is 22.1. The van der Waals surface area contributed by atoms with Crippen molar-refractivity contribution in [3.63, 3.8) is 0 Å². The summed E-state index contributed by atoms with van der Waals surface area (Å²) in [6, 6.07) is 18.5. The molecule has 0 spiro atoms. The number of nitrogens with one attached hydrogen (secondary N) is 1. The lowest BCUT2D eigenvalue weighted by atomic mass is 10.2. The molecule has 0 aliphatic carbocycles. The molecular weight excluding hydrogens is 438 g/mol. The van der Waals surface area contributed by atoms with Gasteiger partial charge in [0.2, 0.25) is 11.1 Å². The molecule has 0 saturated carbocycles. The van der Waals surface area contributed by atoms with E-state index in [4.69, 9.17) is 0 Å². The van der Waals surface area contributed by atoms with Crippen molar-refractivity contribution >= 4 is 23.5 Å². The molecule has 0 bridgehead atoms. The summed E-state index contributed by atoms with van der Waals surface area (Å²) in [6.07, 6.45) is 0. The standard InChI is InChI=1S/C23H21N7O2S/c1-15-16(2)29(13-17-6-4-3-5-7-17)22(20(15)12-24)25-21(32)14-33-23-26-27-28-30(23)18-8-10-19(31)11-9-18/h3-11,31H,13-14H2,1-2H3,(H,25,32). The monoisotopic (exact) mass is 459 g/mol. The Kier molecular flexibility index (Phi) is 6.42. The molecule has 0 unspecified atom stereocenters. The van der Waals surface area contributed by atoms with E-state index < -0.39 is 0 Å². The second-order valence-corrected chi connectivity index (χ2v) is 8.29. The number of phenolic OH excluding ortho intramolecular Hbond substituents is 1. The van der Waals surface area contributed by atoms with Crippen LogP contribution in [0.4, 0.5) is 5.82 Å². The number of amides is 1. The van der Waals surface area contributed by atoms with Crippen LogP contribution in [0.1, 0.15) is 22.4 Å². The Balaban J connectivity index is 1.52. The van der Waals surface area contributed by atoms with Gasteiger partial charge in [0.05, 0.1) is 17.0 Å². The predicted octanol–water partition coefficient (Wildman–Crippen LogP) is 3.44. The Labute approximate surface area is 194 Å². The van der Waals surface area contributed by atoms with Crippen LogP contribution in [0.2, 0.25) is 0 Å². The van der Waals surface area contributed by atoms with E-state index in [1.54, 1.807) is 12.1 Å². The number of thioether (sulfide) groups is 1. The highest BCUT2D eigenvalue weighted by Crippen LogP contribution is 2.28. The summed E-state index contributed by atoms with van der Waals surface area (Å²) < 4.78 is 3.44. The first-order valence-corrected chi connectivity index (χ1v) is 11.1. The number of rotatable bonds is 7. The summed E-state index contributed by atoms with van der Waals surface area (Å²) in [6.45, 7) is 4.36. The van der Waals surface area contributed by atoms with Gasteiger partial charge in [-0.05, 0) is 59.7 Å². The minimum absolute atomic E-state index is 0.0535. The van der Waals surface area contributed by atoms with Crippen molar-refractivity contribution in [1.29, 1.82) is 5.26 Å². The zero-order chi connectivity index (χ0) is 23.4. The van der Waals surface area contributed by atoms with E-state index in [0.29, 0.717) is 28.8 Å². The summed E-state index contributed by atoms with van der Waals surface area (Å²) in [7, 11) is 0. The number of anilines is 1. The highest BCUT2D eigenvalue weighted by molar-refractivity contribution is 7.99. The largest absolute Gasteiger partial charge is 0.508 e. The number of nitriles is 1. The molecule has 2 aromatic heterocycles. The Hall–Kier alpha value is -4.10. The number of aromatic nitrogens is 5. The number of carbonyl (C=O) groups excluding carboxylic acids is 1. The van der Waals surface area contributed by atoms with Crippen LogP contribution in [-0.2, 0) is 11.3 Å². The minimum Gasteiger partial charge on any atom is -0.508 e. The molecule has 1 amide bonds. The van der Waals surface area contributed by atoms with E-state index in [9.17, 15) is 15.2 Å². The van der Waals surface area contributed by atoms with E-state index >= 15 is 0 Å². The molecule has 33 heavy (non-hydrogen) atoms. The molecule has 0 atom stereocenters. The molecule has 0 saturated heterocycles. The van der Waals surface area contributed by atoms with Crippen LogP contribution in [0.3, 0.4) is 0 Å². The van der Waals surface area contributed by atoms with E-state index in [1.807, 2.05) is 48.7 Å². The number of hydrogen-bond donors (Lipinski definition) is 2. The van der Waals surface area contributed by atoms with Crippen molar-refractivity contribution in [2.75, 3.05) is 11.1 Å². The Morgan fingerprint density at radius 2 is 1.88 bits per heavy atom. The topological polar surface area (TPSA) is 122 Å². The number of aromatic hydroxyl groups is 1. The second kappa shape index (κ2) is 9.58. The maximum absolute atomic E-state index is 12.8. The molecule has 2 heterocycles. The van der Waals surface area contributed by atoms with Gasteiger partial charge in [0.1, 0.15) is 17.6 Å². The van der Waals surface area contributed by atoms with Crippen LogP contribution >= 0.6 is 11.8 Å². The third-order valence-electron chi connectivity index (χ3n) is 5.25. The van der Waals surface area contributed by atoms with Gasteiger partial charge in [-0.15, -0.1) is 5.10 Å². The van der Waals surface area contributed by atoms with Gasteiger partial charge >= 0.3 is 0 Å². The first-order valence-electron chi connectivity index (χ1n) is 10.1. The van der Waals surface area contributed by atoms with Crippen molar-refractivity contribution in [1.82, 2.24) is 24.8 Å². The molecule has 4 aromatic rings. The van der Waals surface area contributed by atoms with Gasteiger partial charge in [-0.3, -0.25) is 4.79 Å². The molecule has 0 aliphatic rings. The number of hydrogen-bond acceptors (Lipinski definition) is 7. The SMILES string of the molecule is Cc1c(C#N)c(NC(=O)CSc2nnnn2-c2ccc(O)cc2)n(Cc2ccccc2)c1C. The predicted molar refractivity (Wildman–Crippen MR) is 124 cm³/mol. The van der Waals surface area contributed by atoms with Gasteiger partial charge in [-0.25, -0.2) is 0 Å². The maximum atomic E-state index is 12.8. The van der Waals surface area contributed by atoms with Crippen molar-refractivity contribution in [3.8, 4) is 17.5 Å². The molecule has 0 radical (unpaired) electrons. The fraction of sp³-hybridized carbons (Fsp3) is 0.174. The molecule has 0 fully saturated rings. The smallest absolute Gasteiger partial charge is 0.235 e. The average molecular weight is 460 g/mol. The fourth-order valence-electron chi connectivity index (χ4n) is 3.42.